The SMILES string of the molecule is Cc1cc(C(=O)N(CCCN)Cc2ccccc2)ccc1F. The first-order chi connectivity index (χ1) is 10.6. The molecule has 1 amide bonds. The summed E-state index contributed by atoms with van der Waals surface area (Å²) in [4.78, 5) is 14.4. The molecule has 0 saturated heterocycles. The minimum absolute atomic E-state index is 0.0968. The third-order valence-corrected chi connectivity index (χ3v) is 3.54. The predicted molar refractivity (Wildman–Crippen MR) is 86.0 cm³/mol. The number of hydrogen-bond acceptors (Lipinski definition) is 2. The van der Waals surface area contributed by atoms with Crippen molar-refractivity contribution in [2.24, 2.45) is 5.73 Å². The van der Waals surface area contributed by atoms with E-state index in [1.165, 1.54) is 12.1 Å². The monoisotopic (exact) mass is 300 g/mol. The normalized spacial score (nSPS) is 10.5. The first kappa shape index (κ1) is 16.2. The van der Waals surface area contributed by atoms with Crippen LogP contribution in [0.5, 0.6) is 0 Å². The summed E-state index contributed by atoms with van der Waals surface area (Å²) in [7, 11) is 0. The maximum absolute atomic E-state index is 13.4. The maximum Gasteiger partial charge on any atom is 0.254 e. The van der Waals surface area contributed by atoms with Crippen LogP contribution in [-0.4, -0.2) is 23.9 Å². The Labute approximate surface area is 130 Å². The van der Waals surface area contributed by atoms with Crippen molar-refractivity contribution in [3.05, 3.63) is 71.0 Å². The molecule has 2 aromatic rings. The highest BCUT2D eigenvalue weighted by Crippen LogP contribution is 2.14. The Morgan fingerprint density at radius 1 is 1.18 bits per heavy atom. The zero-order valence-corrected chi connectivity index (χ0v) is 12.8. The molecular formula is C18H21FN2O. The summed E-state index contributed by atoms with van der Waals surface area (Å²) >= 11 is 0. The fourth-order valence-corrected chi connectivity index (χ4v) is 2.30. The Kier molecular flexibility index (Phi) is 5.67. The fraction of sp³-hybridized carbons (Fsp3) is 0.278. The Morgan fingerprint density at radius 3 is 2.55 bits per heavy atom. The summed E-state index contributed by atoms with van der Waals surface area (Å²) in [5.74, 6) is -0.395. The highest BCUT2D eigenvalue weighted by molar-refractivity contribution is 5.94. The second-order valence-electron chi connectivity index (χ2n) is 5.32. The van der Waals surface area contributed by atoms with Crippen LogP contribution >= 0.6 is 0 Å². The molecule has 3 nitrogen and oxygen atoms in total. The Morgan fingerprint density at radius 2 is 1.91 bits per heavy atom. The molecule has 2 aromatic carbocycles. The van der Waals surface area contributed by atoms with Crippen molar-refractivity contribution in [3.8, 4) is 0 Å². The minimum Gasteiger partial charge on any atom is -0.334 e. The number of rotatable bonds is 6. The lowest BCUT2D eigenvalue weighted by Crippen LogP contribution is -2.32. The number of halogens is 1. The molecule has 4 heteroatoms. The maximum atomic E-state index is 13.4. The lowest BCUT2D eigenvalue weighted by atomic mass is 10.1. The van der Waals surface area contributed by atoms with E-state index in [9.17, 15) is 9.18 Å². The van der Waals surface area contributed by atoms with Crippen LogP contribution in [0.1, 0.15) is 27.9 Å². The average molecular weight is 300 g/mol. The van der Waals surface area contributed by atoms with Crippen LogP contribution in [0.2, 0.25) is 0 Å². The van der Waals surface area contributed by atoms with E-state index in [4.69, 9.17) is 5.73 Å². The number of nitrogens with zero attached hydrogens (tertiary/aromatic N) is 1. The molecule has 0 aliphatic rings. The number of nitrogens with two attached hydrogens (primary N) is 1. The van der Waals surface area contributed by atoms with Crippen molar-refractivity contribution >= 4 is 5.91 Å². The minimum atomic E-state index is -0.298. The summed E-state index contributed by atoms with van der Waals surface area (Å²) in [5.41, 5.74) is 7.61. The van der Waals surface area contributed by atoms with Crippen molar-refractivity contribution in [1.82, 2.24) is 4.90 Å². The smallest absolute Gasteiger partial charge is 0.254 e. The molecule has 0 aromatic heterocycles. The molecule has 0 unspecified atom stereocenters. The third kappa shape index (κ3) is 4.15. The number of benzene rings is 2. The van der Waals surface area contributed by atoms with Gasteiger partial charge in [0.1, 0.15) is 5.82 Å². The lowest BCUT2D eigenvalue weighted by molar-refractivity contribution is 0.0742. The van der Waals surface area contributed by atoms with Gasteiger partial charge in [0.25, 0.3) is 5.91 Å². The van der Waals surface area contributed by atoms with Crippen LogP contribution in [0.3, 0.4) is 0 Å². The van der Waals surface area contributed by atoms with Gasteiger partial charge in [-0.2, -0.15) is 0 Å². The second-order valence-corrected chi connectivity index (χ2v) is 5.32. The number of carbonyl (C=O) groups is 1. The van der Waals surface area contributed by atoms with E-state index in [0.717, 1.165) is 12.0 Å². The van der Waals surface area contributed by atoms with E-state index in [-0.39, 0.29) is 11.7 Å². The van der Waals surface area contributed by atoms with E-state index < -0.39 is 0 Å². The van der Waals surface area contributed by atoms with Crippen LogP contribution in [0.4, 0.5) is 4.39 Å². The number of carbonyl (C=O) groups excluding carboxylic acids is 1. The predicted octanol–water partition coefficient (Wildman–Crippen LogP) is 3.13. The Balaban J connectivity index is 2.19. The van der Waals surface area contributed by atoms with Crippen LogP contribution in [0, 0.1) is 12.7 Å². The van der Waals surface area contributed by atoms with Gasteiger partial charge in [0.15, 0.2) is 0 Å². The molecule has 2 rings (SSSR count). The van der Waals surface area contributed by atoms with Gasteiger partial charge in [0.05, 0.1) is 0 Å². The van der Waals surface area contributed by atoms with Gasteiger partial charge < -0.3 is 10.6 Å². The first-order valence-corrected chi connectivity index (χ1v) is 7.41. The Hall–Kier alpha value is -2.20. The largest absolute Gasteiger partial charge is 0.334 e. The molecule has 2 N–H and O–H groups in total. The molecule has 0 atom stereocenters. The highest BCUT2D eigenvalue weighted by atomic mass is 19.1. The van der Waals surface area contributed by atoms with Crippen molar-refractivity contribution in [1.29, 1.82) is 0 Å². The van der Waals surface area contributed by atoms with Crippen molar-refractivity contribution in [2.75, 3.05) is 13.1 Å². The zero-order valence-electron chi connectivity index (χ0n) is 12.8. The molecule has 0 aliphatic carbocycles. The number of amides is 1. The van der Waals surface area contributed by atoms with Crippen molar-refractivity contribution < 1.29 is 9.18 Å². The standard InChI is InChI=1S/C18H21FN2O/c1-14-12-16(8-9-17(14)19)18(22)21(11-5-10-20)13-15-6-3-2-4-7-15/h2-4,6-9,12H,5,10-11,13,20H2,1H3. The zero-order chi connectivity index (χ0) is 15.9. The molecular weight excluding hydrogens is 279 g/mol. The van der Waals surface area contributed by atoms with E-state index >= 15 is 0 Å². The number of hydrogen-bond donors (Lipinski definition) is 1. The van der Waals surface area contributed by atoms with Crippen LogP contribution in [-0.2, 0) is 6.54 Å². The second kappa shape index (κ2) is 7.71. The Bertz CT molecular complexity index is 628. The lowest BCUT2D eigenvalue weighted by Gasteiger charge is -2.23. The van der Waals surface area contributed by atoms with E-state index in [0.29, 0.717) is 30.8 Å². The van der Waals surface area contributed by atoms with Gasteiger partial charge in [-0.25, -0.2) is 4.39 Å². The van der Waals surface area contributed by atoms with Crippen molar-refractivity contribution in [3.63, 3.8) is 0 Å². The molecule has 0 saturated carbocycles. The van der Waals surface area contributed by atoms with Gasteiger partial charge in [0.2, 0.25) is 0 Å². The molecule has 0 bridgehead atoms. The summed E-state index contributed by atoms with van der Waals surface area (Å²) < 4.78 is 13.4. The van der Waals surface area contributed by atoms with E-state index in [1.807, 2.05) is 30.3 Å². The first-order valence-electron chi connectivity index (χ1n) is 7.41. The van der Waals surface area contributed by atoms with Crippen molar-refractivity contribution in [2.45, 2.75) is 19.9 Å². The van der Waals surface area contributed by atoms with Gasteiger partial charge in [-0.1, -0.05) is 30.3 Å². The van der Waals surface area contributed by atoms with Gasteiger partial charge in [-0.05, 0) is 49.2 Å². The fourth-order valence-electron chi connectivity index (χ4n) is 2.30. The topological polar surface area (TPSA) is 46.3 Å². The molecule has 0 heterocycles. The highest BCUT2D eigenvalue weighted by Gasteiger charge is 2.16. The van der Waals surface area contributed by atoms with Gasteiger partial charge in [-0.15, -0.1) is 0 Å². The molecule has 0 fully saturated rings. The summed E-state index contributed by atoms with van der Waals surface area (Å²) in [6.45, 7) is 3.30. The van der Waals surface area contributed by atoms with Crippen LogP contribution in [0.25, 0.3) is 0 Å². The molecule has 0 spiro atoms. The van der Waals surface area contributed by atoms with Crippen LogP contribution in [0.15, 0.2) is 48.5 Å². The molecule has 116 valence electrons. The van der Waals surface area contributed by atoms with E-state index in [1.54, 1.807) is 17.9 Å². The average Bonchev–Trinajstić information content (AvgIpc) is 2.54. The van der Waals surface area contributed by atoms with Gasteiger partial charge >= 0.3 is 0 Å². The van der Waals surface area contributed by atoms with Gasteiger partial charge in [0, 0.05) is 18.7 Å². The van der Waals surface area contributed by atoms with Crippen LogP contribution < -0.4 is 5.73 Å². The quantitative estimate of drug-likeness (QED) is 0.891. The molecule has 0 radical (unpaired) electrons. The number of aryl methyl sites for hydroxylation is 1. The van der Waals surface area contributed by atoms with Gasteiger partial charge in [-0.3, -0.25) is 4.79 Å². The summed E-state index contributed by atoms with van der Waals surface area (Å²) in [5, 5.41) is 0. The summed E-state index contributed by atoms with van der Waals surface area (Å²) in [6, 6.07) is 14.3. The van der Waals surface area contributed by atoms with E-state index in [2.05, 4.69) is 0 Å². The molecule has 0 aliphatic heterocycles. The third-order valence-electron chi connectivity index (χ3n) is 3.54. The molecule has 22 heavy (non-hydrogen) atoms. The summed E-state index contributed by atoms with van der Waals surface area (Å²) in [6.07, 6.45) is 0.735.